The molecule has 4 aromatic rings. The predicted molar refractivity (Wildman–Crippen MR) is 107 cm³/mol. The minimum atomic E-state index is -0.441. The number of H-pyrrole nitrogens is 1. The second kappa shape index (κ2) is 7.16. The Kier molecular flexibility index (Phi) is 4.53. The zero-order valence-corrected chi connectivity index (χ0v) is 15.6. The summed E-state index contributed by atoms with van der Waals surface area (Å²) < 4.78 is 3.93. The summed E-state index contributed by atoms with van der Waals surface area (Å²) in [5, 5.41) is 22.2. The van der Waals surface area contributed by atoms with Crippen molar-refractivity contribution in [3.8, 4) is 0 Å². The largest absolute Gasteiger partial charge is 0.320 e. The fourth-order valence-electron chi connectivity index (χ4n) is 2.89. The quantitative estimate of drug-likeness (QED) is 0.242. The van der Waals surface area contributed by atoms with Crippen molar-refractivity contribution in [3.63, 3.8) is 0 Å². The zero-order valence-electron chi connectivity index (χ0n) is 14.8. The van der Waals surface area contributed by atoms with E-state index in [0.717, 1.165) is 16.9 Å². The molecule has 0 unspecified atom stereocenters. The van der Waals surface area contributed by atoms with Crippen molar-refractivity contribution in [2.24, 2.45) is 5.10 Å². The molecular weight excluding hydrogens is 378 g/mol. The van der Waals surface area contributed by atoms with Crippen LogP contribution >= 0.6 is 12.2 Å². The number of nitro benzene ring substituents is 1. The van der Waals surface area contributed by atoms with Gasteiger partial charge in [0.2, 0.25) is 4.77 Å². The second-order valence-corrected chi connectivity index (χ2v) is 6.47. The smallest absolute Gasteiger partial charge is 0.269 e. The lowest BCUT2D eigenvalue weighted by Crippen LogP contribution is -2.08. The Bertz CT molecular complexity index is 1250. The van der Waals surface area contributed by atoms with Crippen molar-refractivity contribution in [2.75, 3.05) is 0 Å². The fraction of sp³-hybridized carbons (Fsp3) is 0.111. The maximum atomic E-state index is 10.8. The van der Waals surface area contributed by atoms with E-state index in [1.165, 1.54) is 16.8 Å². The van der Waals surface area contributed by atoms with E-state index in [2.05, 4.69) is 20.3 Å². The Hall–Kier alpha value is -3.66. The van der Waals surface area contributed by atoms with E-state index in [9.17, 15) is 10.1 Å². The first kappa shape index (κ1) is 17.7. The monoisotopic (exact) mass is 393 g/mol. The number of para-hydroxylation sites is 2. The Labute approximate surface area is 164 Å². The molecule has 2 aromatic carbocycles. The van der Waals surface area contributed by atoms with Crippen LogP contribution in [0.15, 0.2) is 53.6 Å². The Morgan fingerprint density at radius 1 is 1.25 bits per heavy atom. The third-order valence-electron chi connectivity index (χ3n) is 4.29. The summed E-state index contributed by atoms with van der Waals surface area (Å²) in [7, 11) is 0. The Balaban J connectivity index is 1.65. The van der Waals surface area contributed by atoms with Crippen molar-refractivity contribution < 1.29 is 4.92 Å². The topological polar surface area (TPSA) is 107 Å². The van der Waals surface area contributed by atoms with Crippen molar-refractivity contribution >= 4 is 35.2 Å². The van der Waals surface area contributed by atoms with Crippen LogP contribution in [0.1, 0.15) is 17.2 Å². The summed E-state index contributed by atoms with van der Waals surface area (Å²) >= 11 is 5.28. The number of nitrogens with one attached hydrogen (secondary N) is 1. The molecule has 9 nitrogen and oxygen atoms in total. The standard InChI is InChI=1S/C18H15N7O2S/c1-12-20-15-4-2-3-5-16(15)23(12)11-17-21-22-18(28)24(17)19-10-13-6-8-14(9-7-13)25(26)27/h2-10H,11H2,1H3,(H,22,28)/b19-10+. The number of aryl methyl sites for hydroxylation is 1. The van der Waals surface area contributed by atoms with Crippen molar-refractivity contribution in [2.45, 2.75) is 13.5 Å². The van der Waals surface area contributed by atoms with E-state index in [0.29, 0.717) is 22.7 Å². The number of hydrogen-bond donors (Lipinski definition) is 1. The Morgan fingerprint density at radius 2 is 2.00 bits per heavy atom. The van der Waals surface area contributed by atoms with E-state index in [1.54, 1.807) is 18.3 Å². The molecule has 0 atom stereocenters. The van der Waals surface area contributed by atoms with E-state index in [-0.39, 0.29) is 5.69 Å². The number of fused-ring (bicyclic) bond motifs is 1. The highest BCUT2D eigenvalue weighted by Gasteiger charge is 2.12. The molecule has 28 heavy (non-hydrogen) atoms. The number of non-ortho nitro benzene ring substituents is 1. The van der Waals surface area contributed by atoms with Crippen molar-refractivity contribution in [1.82, 2.24) is 24.4 Å². The summed E-state index contributed by atoms with van der Waals surface area (Å²) in [6.07, 6.45) is 1.58. The average Bonchev–Trinajstić information content (AvgIpc) is 3.20. The Morgan fingerprint density at radius 3 is 2.75 bits per heavy atom. The molecule has 0 radical (unpaired) electrons. The molecular formula is C18H15N7O2S. The summed E-state index contributed by atoms with van der Waals surface area (Å²) in [6, 6.07) is 14.0. The first-order chi connectivity index (χ1) is 13.5. The molecule has 4 rings (SSSR count). The molecule has 0 fully saturated rings. The summed E-state index contributed by atoms with van der Waals surface area (Å²) in [5.41, 5.74) is 2.65. The van der Waals surface area contributed by atoms with E-state index in [4.69, 9.17) is 12.2 Å². The van der Waals surface area contributed by atoms with Gasteiger partial charge in [-0.15, -0.1) is 0 Å². The van der Waals surface area contributed by atoms with Gasteiger partial charge in [-0.25, -0.2) is 4.98 Å². The number of rotatable bonds is 5. The molecule has 140 valence electrons. The first-order valence-corrected chi connectivity index (χ1v) is 8.81. The second-order valence-electron chi connectivity index (χ2n) is 6.08. The number of aromatic nitrogens is 5. The van der Waals surface area contributed by atoms with Gasteiger partial charge in [-0.1, -0.05) is 12.1 Å². The van der Waals surface area contributed by atoms with Gasteiger partial charge in [0.1, 0.15) is 5.82 Å². The lowest BCUT2D eigenvalue weighted by atomic mass is 10.2. The molecule has 0 saturated heterocycles. The number of nitrogens with zero attached hydrogens (tertiary/aromatic N) is 6. The van der Waals surface area contributed by atoms with Crippen LogP contribution in [0.25, 0.3) is 11.0 Å². The first-order valence-electron chi connectivity index (χ1n) is 8.40. The number of imidazole rings is 1. The molecule has 10 heteroatoms. The van der Waals surface area contributed by atoms with Crippen LogP contribution in [0.2, 0.25) is 0 Å². The molecule has 0 aliphatic rings. The highest BCUT2D eigenvalue weighted by molar-refractivity contribution is 7.71. The number of hydrogen-bond acceptors (Lipinski definition) is 6. The number of benzene rings is 2. The molecule has 2 heterocycles. The molecule has 0 aliphatic carbocycles. The van der Waals surface area contributed by atoms with Crippen LogP contribution in [0.3, 0.4) is 0 Å². The molecule has 1 N–H and O–H groups in total. The molecule has 0 bridgehead atoms. The molecule has 2 aromatic heterocycles. The van der Waals surface area contributed by atoms with Gasteiger partial charge in [-0.3, -0.25) is 15.2 Å². The van der Waals surface area contributed by atoms with Gasteiger partial charge in [0.05, 0.1) is 28.7 Å². The highest BCUT2D eigenvalue weighted by Crippen LogP contribution is 2.17. The van der Waals surface area contributed by atoms with Gasteiger partial charge >= 0.3 is 0 Å². The number of nitro groups is 1. The van der Waals surface area contributed by atoms with E-state index < -0.39 is 4.92 Å². The minimum absolute atomic E-state index is 0.0280. The number of aromatic amines is 1. The zero-order chi connectivity index (χ0) is 19.7. The van der Waals surface area contributed by atoms with Crippen LogP contribution < -0.4 is 0 Å². The van der Waals surface area contributed by atoms with Gasteiger partial charge < -0.3 is 4.57 Å². The SMILES string of the molecule is Cc1nc2ccccc2n1Cc1n[nH]c(=S)n1/N=C/c1ccc([N+](=O)[O-])cc1. The van der Waals surface area contributed by atoms with Gasteiger partial charge in [0.25, 0.3) is 5.69 Å². The third-order valence-corrected chi connectivity index (χ3v) is 4.55. The van der Waals surface area contributed by atoms with Crippen LogP contribution in [0, 0.1) is 21.8 Å². The highest BCUT2D eigenvalue weighted by atomic mass is 32.1. The molecule has 0 saturated carbocycles. The average molecular weight is 393 g/mol. The van der Waals surface area contributed by atoms with Gasteiger partial charge in [0.15, 0.2) is 5.82 Å². The third kappa shape index (κ3) is 3.32. The maximum Gasteiger partial charge on any atom is 0.269 e. The van der Waals surface area contributed by atoms with Crippen LogP contribution in [0.5, 0.6) is 0 Å². The van der Waals surface area contributed by atoms with E-state index in [1.807, 2.05) is 35.8 Å². The van der Waals surface area contributed by atoms with Gasteiger partial charge in [0, 0.05) is 12.1 Å². The van der Waals surface area contributed by atoms with E-state index >= 15 is 0 Å². The lowest BCUT2D eigenvalue weighted by molar-refractivity contribution is -0.384. The predicted octanol–water partition coefficient (Wildman–Crippen LogP) is 3.44. The van der Waals surface area contributed by atoms with Gasteiger partial charge in [-0.05, 0) is 49.0 Å². The van der Waals surface area contributed by atoms with Crippen molar-refractivity contribution in [3.05, 3.63) is 80.6 Å². The molecule has 0 spiro atoms. The van der Waals surface area contributed by atoms with Crippen LogP contribution in [-0.2, 0) is 6.54 Å². The van der Waals surface area contributed by atoms with Crippen LogP contribution in [-0.4, -0.2) is 35.6 Å². The summed E-state index contributed by atoms with van der Waals surface area (Å²) in [4.78, 5) is 14.9. The maximum absolute atomic E-state index is 10.8. The van der Waals surface area contributed by atoms with Crippen molar-refractivity contribution in [1.29, 1.82) is 0 Å². The van der Waals surface area contributed by atoms with Gasteiger partial charge in [-0.2, -0.15) is 14.9 Å². The normalized spacial score (nSPS) is 11.5. The molecule has 0 aliphatic heterocycles. The van der Waals surface area contributed by atoms with Crippen LogP contribution in [0.4, 0.5) is 5.69 Å². The summed E-state index contributed by atoms with van der Waals surface area (Å²) in [6.45, 7) is 2.38. The summed E-state index contributed by atoms with van der Waals surface area (Å²) in [5.74, 6) is 1.48. The molecule has 0 amide bonds. The lowest BCUT2D eigenvalue weighted by Gasteiger charge is -2.06. The fourth-order valence-corrected chi connectivity index (χ4v) is 3.09. The minimum Gasteiger partial charge on any atom is -0.320 e.